The second-order valence-corrected chi connectivity index (χ2v) is 7.43. The second kappa shape index (κ2) is 8.87. The molecule has 0 bridgehead atoms. The van der Waals surface area contributed by atoms with Gasteiger partial charge in [0.2, 0.25) is 0 Å². The highest BCUT2D eigenvalue weighted by molar-refractivity contribution is 5.98. The minimum atomic E-state index is -0.548. The fourth-order valence-corrected chi connectivity index (χ4v) is 3.68. The van der Waals surface area contributed by atoms with Gasteiger partial charge >= 0.3 is 0 Å². The SMILES string of the molecule is NC(=O)c1ccc(N[C@@H]2CCCC[C@@H]2N)nc1Nc1cccc(-c2ncccn2)c1. The van der Waals surface area contributed by atoms with Gasteiger partial charge in [0, 0.05) is 35.7 Å². The third kappa shape index (κ3) is 4.55. The Morgan fingerprint density at radius 3 is 2.60 bits per heavy atom. The first-order valence-electron chi connectivity index (χ1n) is 10.1. The van der Waals surface area contributed by atoms with Crippen molar-refractivity contribution < 1.29 is 4.79 Å². The van der Waals surface area contributed by atoms with Gasteiger partial charge in [-0.05, 0) is 43.2 Å². The average Bonchev–Trinajstić information content (AvgIpc) is 2.76. The van der Waals surface area contributed by atoms with Crippen LogP contribution in [0.2, 0.25) is 0 Å². The Balaban J connectivity index is 1.60. The predicted octanol–water partition coefficient (Wildman–Crippen LogP) is 3.06. The van der Waals surface area contributed by atoms with E-state index in [0.717, 1.165) is 36.9 Å². The minimum absolute atomic E-state index is 0.0929. The average molecular weight is 403 g/mol. The number of pyridine rings is 1. The molecular formula is C22H25N7O. The standard InChI is InChI=1S/C22H25N7O/c23-17-7-1-2-8-18(17)28-19-10-9-16(20(24)30)22(29-19)27-15-6-3-5-14(13-15)21-25-11-4-12-26-21/h3-6,9-13,17-18H,1-2,7-8,23H2,(H2,24,30)(H2,27,28,29)/t17-,18+/m0/s1. The second-order valence-electron chi connectivity index (χ2n) is 7.43. The summed E-state index contributed by atoms with van der Waals surface area (Å²) >= 11 is 0. The number of nitrogens with one attached hydrogen (secondary N) is 2. The molecule has 3 aromatic rings. The lowest BCUT2D eigenvalue weighted by Gasteiger charge is -2.29. The topological polar surface area (TPSA) is 132 Å². The van der Waals surface area contributed by atoms with Crippen molar-refractivity contribution in [3.63, 3.8) is 0 Å². The third-order valence-electron chi connectivity index (χ3n) is 5.26. The molecule has 1 saturated carbocycles. The van der Waals surface area contributed by atoms with Crippen LogP contribution in [0.3, 0.4) is 0 Å². The highest BCUT2D eigenvalue weighted by Crippen LogP contribution is 2.26. The lowest BCUT2D eigenvalue weighted by atomic mass is 9.91. The molecule has 1 fully saturated rings. The van der Waals surface area contributed by atoms with Crippen LogP contribution < -0.4 is 22.1 Å². The van der Waals surface area contributed by atoms with Crippen LogP contribution in [0.25, 0.3) is 11.4 Å². The van der Waals surface area contributed by atoms with Crippen LogP contribution in [0.5, 0.6) is 0 Å². The number of hydrogen-bond acceptors (Lipinski definition) is 7. The van der Waals surface area contributed by atoms with E-state index in [2.05, 4.69) is 25.6 Å². The van der Waals surface area contributed by atoms with Gasteiger partial charge in [0.1, 0.15) is 11.6 Å². The van der Waals surface area contributed by atoms with Crippen molar-refractivity contribution in [3.05, 3.63) is 60.4 Å². The molecule has 1 amide bonds. The van der Waals surface area contributed by atoms with Gasteiger partial charge in [-0.15, -0.1) is 0 Å². The van der Waals surface area contributed by atoms with Crippen molar-refractivity contribution in [1.82, 2.24) is 15.0 Å². The first-order valence-corrected chi connectivity index (χ1v) is 10.1. The van der Waals surface area contributed by atoms with E-state index in [9.17, 15) is 4.79 Å². The summed E-state index contributed by atoms with van der Waals surface area (Å²) in [6.07, 6.45) is 7.69. The molecule has 0 aliphatic heterocycles. The Bertz CT molecular complexity index is 1030. The Hall–Kier alpha value is -3.52. The fraction of sp³-hybridized carbons (Fsp3) is 0.273. The molecule has 6 N–H and O–H groups in total. The van der Waals surface area contributed by atoms with E-state index in [1.807, 2.05) is 24.3 Å². The number of rotatable bonds is 6. The maximum Gasteiger partial charge on any atom is 0.252 e. The maximum atomic E-state index is 11.9. The van der Waals surface area contributed by atoms with Gasteiger partial charge in [-0.2, -0.15) is 0 Å². The van der Waals surface area contributed by atoms with Crippen molar-refractivity contribution in [1.29, 1.82) is 0 Å². The quantitative estimate of drug-likeness (QED) is 0.497. The van der Waals surface area contributed by atoms with Gasteiger partial charge in [-0.1, -0.05) is 25.0 Å². The van der Waals surface area contributed by atoms with Gasteiger partial charge in [0.15, 0.2) is 5.82 Å². The van der Waals surface area contributed by atoms with E-state index in [-0.39, 0.29) is 12.1 Å². The van der Waals surface area contributed by atoms with Gasteiger partial charge in [-0.25, -0.2) is 15.0 Å². The summed E-state index contributed by atoms with van der Waals surface area (Å²) in [4.78, 5) is 25.1. The Labute approximate surface area is 175 Å². The van der Waals surface area contributed by atoms with Crippen molar-refractivity contribution >= 4 is 23.2 Å². The lowest BCUT2D eigenvalue weighted by Crippen LogP contribution is -2.42. The van der Waals surface area contributed by atoms with Crippen molar-refractivity contribution in [2.45, 2.75) is 37.8 Å². The van der Waals surface area contributed by atoms with Gasteiger partial charge in [0.25, 0.3) is 5.91 Å². The van der Waals surface area contributed by atoms with Crippen molar-refractivity contribution in [3.8, 4) is 11.4 Å². The molecule has 0 spiro atoms. The van der Waals surface area contributed by atoms with E-state index in [1.54, 1.807) is 30.6 Å². The molecule has 1 aliphatic carbocycles. The van der Waals surface area contributed by atoms with E-state index in [0.29, 0.717) is 23.0 Å². The maximum absolute atomic E-state index is 11.9. The van der Waals surface area contributed by atoms with E-state index < -0.39 is 5.91 Å². The molecule has 2 aromatic heterocycles. The molecule has 154 valence electrons. The summed E-state index contributed by atoms with van der Waals surface area (Å²) in [5.74, 6) is 1.12. The smallest absolute Gasteiger partial charge is 0.252 e. The summed E-state index contributed by atoms with van der Waals surface area (Å²) in [7, 11) is 0. The van der Waals surface area contributed by atoms with Gasteiger partial charge < -0.3 is 22.1 Å². The number of benzene rings is 1. The summed E-state index contributed by atoms with van der Waals surface area (Å²) < 4.78 is 0. The summed E-state index contributed by atoms with van der Waals surface area (Å²) in [6, 6.07) is 13.1. The number of hydrogen-bond donors (Lipinski definition) is 4. The minimum Gasteiger partial charge on any atom is -0.366 e. The van der Waals surface area contributed by atoms with Crippen LogP contribution in [0.15, 0.2) is 54.9 Å². The third-order valence-corrected chi connectivity index (χ3v) is 5.26. The lowest BCUT2D eigenvalue weighted by molar-refractivity contribution is 0.100. The van der Waals surface area contributed by atoms with E-state index in [1.165, 1.54) is 0 Å². The molecule has 8 heteroatoms. The van der Waals surface area contributed by atoms with Crippen molar-refractivity contribution in [2.75, 3.05) is 10.6 Å². The van der Waals surface area contributed by atoms with Crippen LogP contribution in [0, 0.1) is 0 Å². The number of carbonyl (C=O) groups is 1. The molecule has 1 aliphatic rings. The Morgan fingerprint density at radius 2 is 1.83 bits per heavy atom. The Kier molecular flexibility index (Phi) is 5.85. The molecule has 0 radical (unpaired) electrons. The summed E-state index contributed by atoms with van der Waals surface area (Å²) in [5, 5.41) is 6.63. The number of aromatic nitrogens is 3. The zero-order valence-corrected chi connectivity index (χ0v) is 16.6. The largest absolute Gasteiger partial charge is 0.366 e. The number of amides is 1. The molecule has 0 saturated heterocycles. The normalized spacial score (nSPS) is 18.6. The molecule has 30 heavy (non-hydrogen) atoms. The first kappa shape index (κ1) is 19.8. The van der Waals surface area contributed by atoms with Crippen LogP contribution in [-0.4, -0.2) is 32.9 Å². The van der Waals surface area contributed by atoms with Gasteiger partial charge in [0.05, 0.1) is 5.56 Å². The van der Waals surface area contributed by atoms with E-state index in [4.69, 9.17) is 11.5 Å². The molecule has 8 nitrogen and oxygen atoms in total. The molecule has 2 heterocycles. The number of carbonyl (C=O) groups excluding carboxylic acids is 1. The van der Waals surface area contributed by atoms with Crippen LogP contribution >= 0.6 is 0 Å². The number of nitrogens with zero attached hydrogens (tertiary/aromatic N) is 3. The van der Waals surface area contributed by atoms with Crippen molar-refractivity contribution in [2.24, 2.45) is 11.5 Å². The molecule has 2 atom stereocenters. The van der Waals surface area contributed by atoms with E-state index >= 15 is 0 Å². The van der Waals surface area contributed by atoms with Gasteiger partial charge in [-0.3, -0.25) is 4.79 Å². The summed E-state index contributed by atoms with van der Waals surface area (Å²) in [6.45, 7) is 0. The van der Waals surface area contributed by atoms with Crippen LogP contribution in [0.4, 0.5) is 17.3 Å². The van der Waals surface area contributed by atoms with Crippen LogP contribution in [0.1, 0.15) is 36.0 Å². The fourth-order valence-electron chi connectivity index (χ4n) is 3.68. The molecule has 0 unspecified atom stereocenters. The molecular weight excluding hydrogens is 378 g/mol. The predicted molar refractivity (Wildman–Crippen MR) is 117 cm³/mol. The number of nitrogens with two attached hydrogens (primary N) is 2. The summed E-state index contributed by atoms with van der Waals surface area (Å²) in [5.41, 5.74) is 13.7. The monoisotopic (exact) mass is 403 g/mol. The zero-order valence-electron chi connectivity index (χ0n) is 16.6. The Morgan fingerprint density at radius 1 is 1.03 bits per heavy atom. The highest BCUT2D eigenvalue weighted by Gasteiger charge is 2.22. The van der Waals surface area contributed by atoms with Crippen LogP contribution in [-0.2, 0) is 0 Å². The number of anilines is 3. The molecule has 1 aromatic carbocycles. The molecule has 4 rings (SSSR count). The number of primary amides is 1. The highest BCUT2D eigenvalue weighted by atomic mass is 16.1. The first-order chi connectivity index (χ1) is 14.6. The zero-order chi connectivity index (χ0) is 20.9.